The van der Waals surface area contributed by atoms with Crippen LogP contribution in [0.4, 0.5) is 34.6 Å². The number of carbonyl (C=O) groups is 1. The van der Waals surface area contributed by atoms with Crippen LogP contribution in [0, 0.1) is 5.82 Å². The minimum Gasteiger partial charge on any atom is -0.371 e. The van der Waals surface area contributed by atoms with Crippen LogP contribution in [0.15, 0.2) is 41.4 Å². The zero-order valence-electron chi connectivity index (χ0n) is 16.9. The molecule has 0 spiro atoms. The van der Waals surface area contributed by atoms with Crippen LogP contribution in [0.3, 0.4) is 0 Å². The molecule has 2 heterocycles. The van der Waals surface area contributed by atoms with Gasteiger partial charge in [-0.25, -0.2) is 4.39 Å². The van der Waals surface area contributed by atoms with Crippen LogP contribution in [-0.2, 0) is 11.0 Å². The van der Waals surface area contributed by atoms with E-state index in [2.05, 4.69) is 10.3 Å². The number of hydrogen-bond donors (Lipinski definition) is 1. The Bertz CT molecular complexity index is 995. The summed E-state index contributed by atoms with van der Waals surface area (Å²) in [5, 5.41) is 2.63. The molecule has 1 atom stereocenters. The SMILES string of the molecule is O=C1Nc2ccc(F)cc2C1C=Nc1ccc(N2CCCCCCC2)c(C(F)(F)F)c1. The zero-order chi connectivity index (χ0) is 22.0. The van der Waals surface area contributed by atoms with Crippen molar-refractivity contribution in [2.45, 2.75) is 44.2 Å². The lowest BCUT2D eigenvalue weighted by atomic mass is 10.0. The summed E-state index contributed by atoms with van der Waals surface area (Å²) in [6, 6.07) is 7.92. The molecule has 0 aliphatic carbocycles. The number of fused-ring (bicyclic) bond motifs is 1. The first-order valence-corrected chi connectivity index (χ1v) is 10.4. The summed E-state index contributed by atoms with van der Waals surface area (Å²) in [7, 11) is 0. The average molecular weight is 433 g/mol. The van der Waals surface area contributed by atoms with E-state index in [1.807, 2.05) is 0 Å². The summed E-state index contributed by atoms with van der Waals surface area (Å²) in [5.74, 6) is -1.74. The number of hydrogen-bond acceptors (Lipinski definition) is 3. The van der Waals surface area contributed by atoms with Gasteiger partial charge < -0.3 is 10.2 Å². The van der Waals surface area contributed by atoms with Crippen LogP contribution >= 0.6 is 0 Å². The summed E-state index contributed by atoms with van der Waals surface area (Å²) in [6.07, 6.45) is 1.64. The monoisotopic (exact) mass is 433 g/mol. The molecule has 0 radical (unpaired) electrons. The Morgan fingerprint density at radius 1 is 1.00 bits per heavy atom. The van der Waals surface area contributed by atoms with Gasteiger partial charge in [-0.1, -0.05) is 19.3 Å². The number of alkyl halides is 3. The molecule has 1 fully saturated rings. The smallest absolute Gasteiger partial charge is 0.371 e. The second-order valence-electron chi connectivity index (χ2n) is 7.93. The molecule has 0 saturated carbocycles. The van der Waals surface area contributed by atoms with Crippen molar-refractivity contribution < 1.29 is 22.4 Å². The van der Waals surface area contributed by atoms with Crippen LogP contribution in [0.5, 0.6) is 0 Å². The Hall–Kier alpha value is -2.90. The van der Waals surface area contributed by atoms with E-state index in [0.29, 0.717) is 24.3 Å². The molecule has 2 aliphatic rings. The highest BCUT2D eigenvalue weighted by Gasteiger charge is 2.35. The van der Waals surface area contributed by atoms with Gasteiger partial charge in [0.1, 0.15) is 11.7 Å². The van der Waals surface area contributed by atoms with Gasteiger partial charge >= 0.3 is 6.18 Å². The van der Waals surface area contributed by atoms with E-state index in [1.54, 1.807) is 4.90 Å². The molecular formula is C23H23F4N3O. The summed E-state index contributed by atoms with van der Waals surface area (Å²) in [4.78, 5) is 18.1. The first-order chi connectivity index (χ1) is 14.8. The van der Waals surface area contributed by atoms with Gasteiger partial charge in [-0.15, -0.1) is 0 Å². The fraction of sp³-hybridized carbons (Fsp3) is 0.391. The molecule has 1 N–H and O–H groups in total. The number of benzene rings is 2. The average Bonchev–Trinajstić information content (AvgIpc) is 3.00. The summed E-state index contributed by atoms with van der Waals surface area (Å²) in [5.41, 5.74) is 0.429. The highest BCUT2D eigenvalue weighted by molar-refractivity contribution is 6.12. The Kier molecular flexibility index (Phi) is 5.98. The van der Waals surface area contributed by atoms with Crippen molar-refractivity contribution in [1.29, 1.82) is 0 Å². The maximum Gasteiger partial charge on any atom is 0.418 e. The van der Waals surface area contributed by atoms with Gasteiger partial charge in [0.2, 0.25) is 5.91 Å². The van der Waals surface area contributed by atoms with E-state index in [1.165, 1.54) is 36.5 Å². The number of anilines is 2. The molecule has 4 nitrogen and oxygen atoms in total. The minimum atomic E-state index is -4.52. The largest absolute Gasteiger partial charge is 0.418 e. The predicted molar refractivity (Wildman–Crippen MR) is 113 cm³/mol. The quantitative estimate of drug-likeness (QED) is 0.473. The molecule has 1 amide bonds. The van der Waals surface area contributed by atoms with Crippen molar-refractivity contribution in [2.24, 2.45) is 4.99 Å². The Labute approximate surface area is 178 Å². The molecule has 164 valence electrons. The number of nitrogens with one attached hydrogen (secondary N) is 1. The molecule has 31 heavy (non-hydrogen) atoms. The standard InChI is InChI=1S/C23H23F4N3O/c24-15-6-8-20-17(12-15)18(22(31)29-20)14-28-16-7-9-21(19(13-16)23(25,26)27)30-10-4-2-1-3-5-11-30/h6-9,12-14,18H,1-5,10-11H2,(H,29,31). The lowest BCUT2D eigenvalue weighted by molar-refractivity contribution is -0.137. The van der Waals surface area contributed by atoms with Crippen molar-refractivity contribution in [1.82, 2.24) is 0 Å². The van der Waals surface area contributed by atoms with Crippen molar-refractivity contribution in [3.63, 3.8) is 0 Å². The molecule has 0 bridgehead atoms. The lowest BCUT2D eigenvalue weighted by Crippen LogP contribution is -2.29. The van der Waals surface area contributed by atoms with Crippen LogP contribution < -0.4 is 10.2 Å². The Morgan fingerprint density at radius 2 is 1.71 bits per heavy atom. The molecule has 2 aromatic carbocycles. The first-order valence-electron chi connectivity index (χ1n) is 10.4. The van der Waals surface area contributed by atoms with Gasteiger partial charge in [0.15, 0.2) is 0 Å². The number of carbonyl (C=O) groups excluding carboxylic acids is 1. The number of halogens is 4. The third-order valence-corrected chi connectivity index (χ3v) is 5.74. The number of aliphatic imine (C=N–C) groups is 1. The van der Waals surface area contributed by atoms with Crippen LogP contribution in [0.1, 0.15) is 49.1 Å². The molecule has 2 aliphatic heterocycles. The highest BCUT2D eigenvalue weighted by Crippen LogP contribution is 2.40. The van der Waals surface area contributed by atoms with E-state index < -0.39 is 29.4 Å². The fourth-order valence-electron chi connectivity index (χ4n) is 4.16. The second-order valence-corrected chi connectivity index (χ2v) is 7.93. The molecule has 1 saturated heterocycles. The van der Waals surface area contributed by atoms with Gasteiger partial charge in [0.25, 0.3) is 0 Å². The van der Waals surface area contributed by atoms with Gasteiger partial charge in [0.05, 0.1) is 11.3 Å². The minimum absolute atomic E-state index is 0.0979. The zero-order valence-corrected chi connectivity index (χ0v) is 16.9. The topological polar surface area (TPSA) is 44.7 Å². The van der Waals surface area contributed by atoms with Gasteiger partial charge in [-0.05, 0) is 54.8 Å². The summed E-state index contributed by atoms with van der Waals surface area (Å²) >= 11 is 0. The number of amides is 1. The van der Waals surface area contributed by atoms with Crippen molar-refractivity contribution in [2.75, 3.05) is 23.3 Å². The van der Waals surface area contributed by atoms with E-state index in [-0.39, 0.29) is 11.4 Å². The summed E-state index contributed by atoms with van der Waals surface area (Å²) < 4.78 is 55.0. The van der Waals surface area contributed by atoms with E-state index in [0.717, 1.165) is 38.2 Å². The van der Waals surface area contributed by atoms with Crippen molar-refractivity contribution in [3.05, 3.63) is 53.3 Å². The molecule has 8 heteroatoms. The highest BCUT2D eigenvalue weighted by atomic mass is 19.4. The lowest BCUT2D eigenvalue weighted by Gasteiger charge is -2.29. The second kappa shape index (κ2) is 8.69. The Balaban J connectivity index is 1.63. The van der Waals surface area contributed by atoms with Gasteiger partial charge in [-0.3, -0.25) is 9.79 Å². The fourth-order valence-corrected chi connectivity index (χ4v) is 4.16. The third-order valence-electron chi connectivity index (χ3n) is 5.74. The van der Waals surface area contributed by atoms with Crippen LogP contribution in [-0.4, -0.2) is 25.2 Å². The van der Waals surface area contributed by atoms with E-state index in [9.17, 15) is 22.4 Å². The van der Waals surface area contributed by atoms with Crippen LogP contribution in [0.25, 0.3) is 0 Å². The maximum absolute atomic E-state index is 13.8. The predicted octanol–water partition coefficient (Wildman–Crippen LogP) is 6.05. The molecule has 4 rings (SSSR count). The Morgan fingerprint density at radius 3 is 2.42 bits per heavy atom. The number of rotatable bonds is 3. The normalized spacial score (nSPS) is 19.8. The van der Waals surface area contributed by atoms with E-state index in [4.69, 9.17) is 0 Å². The van der Waals surface area contributed by atoms with Crippen molar-refractivity contribution in [3.8, 4) is 0 Å². The van der Waals surface area contributed by atoms with Crippen LogP contribution in [0.2, 0.25) is 0 Å². The third kappa shape index (κ3) is 4.73. The first kappa shape index (κ1) is 21.3. The maximum atomic E-state index is 13.8. The summed E-state index contributed by atoms with van der Waals surface area (Å²) in [6.45, 7) is 1.19. The molecule has 2 aromatic rings. The molecular weight excluding hydrogens is 410 g/mol. The van der Waals surface area contributed by atoms with E-state index >= 15 is 0 Å². The number of nitrogens with zero attached hydrogens (tertiary/aromatic N) is 2. The van der Waals surface area contributed by atoms with Crippen molar-refractivity contribution >= 4 is 29.2 Å². The molecule has 0 aromatic heterocycles. The van der Waals surface area contributed by atoms with Gasteiger partial charge in [-0.2, -0.15) is 13.2 Å². The molecule has 1 unspecified atom stereocenters. The van der Waals surface area contributed by atoms with Gasteiger partial charge in [0, 0.05) is 30.7 Å².